The fourth-order valence-electron chi connectivity index (χ4n) is 4.26. The van der Waals surface area contributed by atoms with Crippen molar-refractivity contribution in [1.29, 1.82) is 0 Å². The zero-order valence-corrected chi connectivity index (χ0v) is 17.8. The molecule has 1 unspecified atom stereocenters. The number of hydrogen-bond acceptors (Lipinski definition) is 4. The van der Waals surface area contributed by atoms with E-state index in [2.05, 4.69) is 38.2 Å². The molecule has 3 rings (SSSR count). The maximum atomic E-state index is 13.2. The Morgan fingerprint density at radius 2 is 1.86 bits per heavy atom. The molecule has 1 atom stereocenters. The Labute approximate surface area is 168 Å². The molecule has 1 aromatic rings. The number of hydrogen-bond donors (Lipinski definition) is 1. The van der Waals surface area contributed by atoms with Crippen LogP contribution < -0.4 is 5.32 Å². The van der Waals surface area contributed by atoms with E-state index in [-0.39, 0.29) is 29.2 Å². The molecular formula is C24H31NO3. The number of nitrogens with one attached hydrogen (secondary N) is 1. The second-order valence-electron chi connectivity index (χ2n) is 8.98. The lowest BCUT2D eigenvalue weighted by atomic mass is 9.68. The SMILES string of the molecule is CCc1ccc(C2C(C(=O)OC(C)C)=C(C)NC3=C2C(=O)CC(C)(C)C3)cc1. The second-order valence-corrected chi connectivity index (χ2v) is 8.98. The van der Waals surface area contributed by atoms with Crippen LogP contribution in [0.2, 0.25) is 0 Å². The van der Waals surface area contributed by atoms with E-state index in [0.717, 1.165) is 35.4 Å². The van der Waals surface area contributed by atoms with Crippen LogP contribution in [0.5, 0.6) is 0 Å². The lowest BCUT2D eigenvalue weighted by molar-refractivity contribution is -0.143. The quantitative estimate of drug-likeness (QED) is 0.761. The summed E-state index contributed by atoms with van der Waals surface area (Å²) in [4.78, 5) is 26.2. The highest BCUT2D eigenvalue weighted by Gasteiger charge is 2.43. The Morgan fingerprint density at radius 1 is 1.21 bits per heavy atom. The Kier molecular flexibility index (Phi) is 5.51. The zero-order valence-electron chi connectivity index (χ0n) is 17.8. The molecule has 2 aliphatic rings. The first-order valence-electron chi connectivity index (χ1n) is 10.2. The van der Waals surface area contributed by atoms with Gasteiger partial charge >= 0.3 is 5.97 Å². The number of Topliss-reactive ketones (excluding diaryl/α,β-unsaturated/α-hetero) is 1. The monoisotopic (exact) mass is 381 g/mol. The normalized spacial score (nSPS) is 21.5. The summed E-state index contributed by atoms with van der Waals surface area (Å²) in [7, 11) is 0. The Hall–Kier alpha value is -2.36. The average Bonchev–Trinajstić information content (AvgIpc) is 2.58. The number of carbonyl (C=O) groups is 2. The summed E-state index contributed by atoms with van der Waals surface area (Å²) in [5, 5.41) is 3.37. The number of rotatable bonds is 4. The average molecular weight is 382 g/mol. The van der Waals surface area contributed by atoms with Crippen LogP contribution in [0.25, 0.3) is 0 Å². The van der Waals surface area contributed by atoms with Gasteiger partial charge in [-0.15, -0.1) is 0 Å². The van der Waals surface area contributed by atoms with E-state index in [4.69, 9.17) is 4.74 Å². The lowest BCUT2D eigenvalue weighted by Gasteiger charge is -2.39. The molecule has 4 nitrogen and oxygen atoms in total. The van der Waals surface area contributed by atoms with Gasteiger partial charge in [0.05, 0.1) is 11.7 Å². The Balaban J connectivity index is 2.14. The van der Waals surface area contributed by atoms with Gasteiger partial charge in [0, 0.05) is 29.3 Å². The van der Waals surface area contributed by atoms with Crippen LogP contribution in [-0.2, 0) is 20.7 Å². The predicted octanol–water partition coefficient (Wildman–Crippen LogP) is 4.80. The zero-order chi connectivity index (χ0) is 20.6. The third-order valence-corrected chi connectivity index (χ3v) is 5.52. The van der Waals surface area contributed by atoms with Gasteiger partial charge in [-0.2, -0.15) is 0 Å². The number of allylic oxidation sites excluding steroid dienone is 3. The van der Waals surface area contributed by atoms with Gasteiger partial charge in [-0.25, -0.2) is 4.79 Å². The summed E-state index contributed by atoms with van der Waals surface area (Å²) in [5.41, 5.74) is 5.11. The van der Waals surface area contributed by atoms with Crippen molar-refractivity contribution in [1.82, 2.24) is 5.32 Å². The molecule has 1 aliphatic heterocycles. The van der Waals surface area contributed by atoms with Crippen LogP contribution in [0.3, 0.4) is 0 Å². The van der Waals surface area contributed by atoms with E-state index in [1.165, 1.54) is 5.56 Å². The van der Waals surface area contributed by atoms with Crippen molar-refractivity contribution in [3.8, 4) is 0 Å². The van der Waals surface area contributed by atoms with Gasteiger partial charge in [0.25, 0.3) is 0 Å². The number of dihydropyridines is 1. The molecule has 0 saturated heterocycles. The van der Waals surface area contributed by atoms with Crippen LogP contribution >= 0.6 is 0 Å². The summed E-state index contributed by atoms with van der Waals surface area (Å²) in [6, 6.07) is 8.25. The number of ketones is 1. The summed E-state index contributed by atoms with van der Waals surface area (Å²) in [6.07, 6.45) is 2.02. The smallest absolute Gasteiger partial charge is 0.337 e. The van der Waals surface area contributed by atoms with Gasteiger partial charge < -0.3 is 10.1 Å². The molecule has 28 heavy (non-hydrogen) atoms. The van der Waals surface area contributed by atoms with Crippen molar-refractivity contribution in [3.63, 3.8) is 0 Å². The summed E-state index contributed by atoms with van der Waals surface area (Å²) in [5.74, 6) is -0.614. The topological polar surface area (TPSA) is 55.4 Å². The highest BCUT2D eigenvalue weighted by Crippen LogP contribution is 2.46. The van der Waals surface area contributed by atoms with Crippen molar-refractivity contribution in [2.75, 3.05) is 0 Å². The van der Waals surface area contributed by atoms with Crippen molar-refractivity contribution in [3.05, 3.63) is 57.9 Å². The van der Waals surface area contributed by atoms with E-state index < -0.39 is 0 Å². The van der Waals surface area contributed by atoms with E-state index in [9.17, 15) is 9.59 Å². The number of carbonyl (C=O) groups excluding carboxylic acids is 2. The molecule has 0 radical (unpaired) electrons. The first-order valence-corrected chi connectivity index (χ1v) is 10.2. The molecular weight excluding hydrogens is 350 g/mol. The van der Waals surface area contributed by atoms with Crippen LogP contribution in [0.15, 0.2) is 46.8 Å². The minimum Gasteiger partial charge on any atom is -0.460 e. The van der Waals surface area contributed by atoms with Gasteiger partial charge in [-0.1, -0.05) is 45.0 Å². The van der Waals surface area contributed by atoms with E-state index in [1.54, 1.807) is 0 Å². The molecule has 1 heterocycles. The minimum atomic E-state index is -0.378. The highest BCUT2D eigenvalue weighted by molar-refractivity contribution is 6.04. The molecule has 0 amide bonds. The molecule has 0 aromatic heterocycles. The predicted molar refractivity (Wildman–Crippen MR) is 111 cm³/mol. The molecule has 0 bridgehead atoms. The molecule has 1 N–H and O–H groups in total. The van der Waals surface area contributed by atoms with Gasteiger partial charge in [0.15, 0.2) is 5.78 Å². The molecule has 150 valence electrons. The molecule has 1 aromatic carbocycles. The van der Waals surface area contributed by atoms with Crippen LogP contribution in [0.4, 0.5) is 0 Å². The van der Waals surface area contributed by atoms with Gasteiger partial charge in [0.2, 0.25) is 0 Å². The van der Waals surface area contributed by atoms with Crippen molar-refractivity contribution in [2.24, 2.45) is 5.41 Å². The van der Waals surface area contributed by atoms with Crippen LogP contribution in [0.1, 0.15) is 71.4 Å². The van der Waals surface area contributed by atoms with Gasteiger partial charge in [-0.05, 0) is 50.2 Å². The second kappa shape index (κ2) is 7.57. The molecule has 4 heteroatoms. The van der Waals surface area contributed by atoms with E-state index >= 15 is 0 Å². The first kappa shape index (κ1) is 20.4. The number of aryl methyl sites for hydroxylation is 1. The van der Waals surface area contributed by atoms with Crippen molar-refractivity contribution < 1.29 is 14.3 Å². The molecule has 0 saturated carbocycles. The highest BCUT2D eigenvalue weighted by atomic mass is 16.5. The van der Waals surface area contributed by atoms with E-state index in [1.807, 2.05) is 32.9 Å². The van der Waals surface area contributed by atoms with Crippen molar-refractivity contribution in [2.45, 2.75) is 72.8 Å². The number of ether oxygens (including phenoxy) is 1. The summed E-state index contributed by atoms with van der Waals surface area (Å²) < 4.78 is 5.54. The van der Waals surface area contributed by atoms with Crippen LogP contribution in [0, 0.1) is 5.41 Å². The standard InChI is InChI=1S/C24H31NO3/c1-7-16-8-10-17(11-9-16)21-20(23(27)28-14(2)3)15(4)25-18-12-24(5,6)13-19(26)22(18)21/h8-11,14,21,25H,7,12-13H2,1-6H3. The Morgan fingerprint density at radius 3 is 2.43 bits per heavy atom. The largest absolute Gasteiger partial charge is 0.460 e. The number of benzene rings is 1. The molecule has 0 spiro atoms. The summed E-state index contributed by atoms with van der Waals surface area (Å²) in [6.45, 7) is 11.9. The first-order chi connectivity index (χ1) is 13.1. The van der Waals surface area contributed by atoms with Gasteiger partial charge in [-0.3, -0.25) is 4.79 Å². The molecule has 0 fully saturated rings. The maximum Gasteiger partial charge on any atom is 0.337 e. The fraction of sp³-hybridized carbons (Fsp3) is 0.500. The summed E-state index contributed by atoms with van der Waals surface area (Å²) >= 11 is 0. The minimum absolute atomic E-state index is 0.0875. The lowest BCUT2D eigenvalue weighted by Crippen LogP contribution is -2.39. The van der Waals surface area contributed by atoms with Gasteiger partial charge in [0.1, 0.15) is 0 Å². The Bertz CT molecular complexity index is 856. The third kappa shape index (κ3) is 3.91. The number of esters is 1. The fourth-order valence-corrected chi connectivity index (χ4v) is 4.26. The van der Waals surface area contributed by atoms with Crippen LogP contribution in [-0.4, -0.2) is 17.9 Å². The third-order valence-electron chi connectivity index (χ3n) is 5.52. The molecule has 1 aliphatic carbocycles. The van der Waals surface area contributed by atoms with Crippen molar-refractivity contribution >= 4 is 11.8 Å². The maximum absolute atomic E-state index is 13.2. The van der Waals surface area contributed by atoms with E-state index in [0.29, 0.717) is 12.0 Å².